The van der Waals surface area contributed by atoms with Crippen LogP contribution < -0.4 is 5.32 Å². The molecule has 4 rings (SSSR count). The van der Waals surface area contributed by atoms with Gasteiger partial charge in [-0.25, -0.2) is 13.8 Å². The number of rotatable bonds is 3. The lowest BCUT2D eigenvalue weighted by Crippen LogP contribution is -2.50. The van der Waals surface area contributed by atoms with Crippen LogP contribution in [0.15, 0.2) is 30.6 Å². The van der Waals surface area contributed by atoms with Gasteiger partial charge in [0.2, 0.25) is 5.91 Å². The summed E-state index contributed by atoms with van der Waals surface area (Å²) in [5.74, 6) is -1.09. The van der Waals surface area contributed by atoms with Crippen LogP contribution in [0.1, 0.15) is 29.8 Å². The topological polar surface area (TPSA) is 50.2 Å². The second-order valence-corrected chi connectivity index (χ2v) is 6.73. The fourth-order valence-electron chi connectivity index (χ4n) is 3.76. The van der Waals surface area contributed by atoms with Crippen LogP contribution in [-0.4, -0.2) is 40.0 Å². The molecule has 0 bridgehead atoms. The van der Waals surface area contributed by atoms with Crippen LogP contribution in [-0.2, 0) is 11.8 Å². The van der Waals surface area contributed by atoms with Crippen molar-refractivity contribution < 1.29 is 13.6 Å². The van der Waals surface area contributed by atoms with Crippen molar-refractivity contribution in [2.75, 3.05) is 19.6 Å². The molecular formula is C18H21ClF2N4O. The number of aryl methyl sites for hydroxylation is 1. The number of nitrogens with zero attached hydrogens (tertiary/aromatic N) is 3. The summed E-state index contributed by atoms with van der Waals surface area (Å²) in [6.45, 7) is 1.90. The van der Waals surface area contributed by atoms with E-state index in [9.17, 15) is 13.6 Å². The van der Waals surface area contributed by atoms with Gasteiger partial charge >= 0.3 is 0 Å². The van der Waals surface area contributed by atoms with Gasteiger partial charge in [0.1, 0.15) is 23.5 Å². The van der Waals surface area contributed by atoms with Gasteiger partial charge < -0.3 is 14.8 Å². The number of carbonyl (C=O) groups excluding carboxylic acids is 1. The quantitative estimate of drug-likeness (QED) is 0.886. The van der Waals surface area contributed by atoms with Gasteiger partial charge in [0.25, 0.3) is 0 Å². The molecule has 0 radical (unpaired) electrons. The summed E-state index contributed by atoms with van der Waals surface area (Å²) in [5, 5.41) is 3.29. The number of hydrogen-bond acceptors (Lipinski definition) is 3. The van der Waals surface area contributed by atoms with Gasteiger partial charge in [-0.1, -0.05) is 6.07 Å². The molecule has 1 amide bonds. The van der Waals surface area contributed by atoms with Gasteiger partial charge in [-0.2, -0.15) is 0 Å². The molecule has 2 aliphatic rings. The minimum Gasteiger partial charge on any atom is -0.336 e. The smallest absolute Gasteiger partial charge is 0.227 e. The van der Waals surface area contributed by atoms with Gasteiger partial charge in [0.05, 0.1) is 0 Å². The van der Waals surface area contributed by atoms with Crippen LogP contribution in [0.4, 0.5) is 8.78 Å². The molecule has 5 nitrogen and oxygen atoms in total. The minimum atomic E-state index is -0.568. The molecule has 3 atom stereocenters. The molecule has 8 heteroatoms. The predicted molar refractivity (Wildman–Crippen MR) is 95.0 cm³/mol. The number of aromatic nitrogens is 2. The van der Waals surface area contributed by atoms with E-state index in [2.05, 4.69) is 10.3 Å². The fourth-order valence-corrected chi connectivity index (χ4v) is 3.76. The monoisotopic (exact) mass is 382 g/mol. The highest BCUT2D eigenvalue weighted by molar-refractivity contribution is 5.85. The molecule has 1 saturated carbocycles. The molecule has 1 N–H and O–H groups in total. The van der Waals surface area contributed by atoms with E-state index in [0.717, 1.165) is 5.82 Å². The average Bonchev–Trinajstić information content (AvgIpc) is 3.26. The molecule has 1 aliphatic heterocycles. The van der Waals surface area contributed by atoms with Crippen molar-refractivity contribution in [3.05, 3.63) is 53.6 Å². The largest absolute Gasteiger partial charge is 0.336 e. The number of imidazole rings is 1. The highest BCUT2D eigenvalue weighted by Gasteiger charge is 2.49. The normalized spacial score (nSPS) is 24.9. The first-order chi connectivity index (χ1) is 12.1. The van der Waals surface area contributed by atoms with Crippen LogP contribution in [0, 0.1) is 17.6 Å². The number of amides is 1. The molecule has 26 heavy (non-hydrogen) atoms. The second kappa shape index (κ2) is 7.32. The average molecular weight is 383 g/mol. The van der Waals surface area contributed by atoms with E-state index in [-0.39, 0.29) is 41.8 Å². The number of halogens is 3. The van der Waals surface area contributed by atoms with Crippen molar-refractivity contribution >= 4 is 18.3 Å². The van der Waals surface area contributed by atoms with Crippen LogP contribution in [0.5, 0.6) is 0 Å². The Morgan fingerprint density at radius 2 is 2.04 bits per heavy atom. The van der Waals surface area contributed by atoms with E-state index in [4.69, 9.17) is 0 Å². The number of hydrogen-bond donors (Lipinski definition) is 1. The Hall–Kier alpha value is -1.99. The summed E-state index contributed by atoms with van der Waals surface area (Å²) in [7, 11) is 1.90. The third kappa shape index (κ3) is 3.21. The standard InChI is InChI=1S/C18H20F2N4O.ClH/c1-23-7-6-22-17(23)15-10-21-5-8-24(15)18(25)12-9-11(12)16-13(19)3-2-4-14(16)20;/h2-4,6-7,11-12,15,21H,5,8-10H2,1H3;1H. The molecule has 0 spiro atoms. The highest BCUT2D eigenvalue weighted by atomic mass is 35.5. The molecule has 3 unspecified atom stereocenters. The molecule has 2 aromatic rings. The molecule has 140 valence electrons. The van der Waals surface area contributed by atoms with E-state index in [0.29, 0.717) is 26.1 Å². The van der Waals surface area contributed by atoms with E-state index in [1.54, 1.807) is 6.20 Å². The summed E-state index contributed by atoms with van der Waals surface area (Å²) < 4.78 is 29.9. The zero-order valence-electron chi connectivity index (χ0n) is 14.4. The maximum absolute atomic E-state index is 14.0. The Kier molecular flexibility index (Phi) is 5.29. The Morgan fingerprint density at radius 1 is 1.31 bits per heavy atom. The summed E-state index contributed by atoms with van der Waals surface area (Å²) in [5.41, 5.74) is 0.0459. The van der Waals surface area contributed by atoms with Gasteiger partial charge in [-0.15, -0.1) is 12.4 Å². The third-order valence-electron chi connectivity index (χ3n) is 5.16. The van der Waals surface area contributed by atoms with Crippen molar-refractivity contribution in [2.24, 2.45) is 13.0 Å². The van der Waals surface area contributed by atoms with Crippen molar-refractivity contribution in [3.63, 3.8) is 0 Å². The third-order valence-corrected chi connectivity index (χ3v) is 5.16. The molecule has 1 aromatic carbocycles. The number of nitrogens with one attached hydrogen (secondary N) is 1. The number of benzene rings is 1. The number of piperazine rings is 1. The van der Waals surface area contributed by atoms with Gasteiger partial charge in [0.15, 0.2) is 0 Å². The maximum Gasteiger partial charge on any atom is 0.227 e. The molecular weight excluding hydrogens is 362 g/mol. The Labute approximate surface area is 156 Å². The van der Waals surface area contributed by atoms with Crippen LogP contribution in [0.3, 0.4) is 0 Å². The Bertz CT molecular complexity index is 792. The van der Waals surface area contributed by atoms with E-state index >= 15 is 0 Å². The minimum absolute atomic E-state index is 0. The van der Waals surface area contributed by atoms with Gasteiger partial charge in [-0.3, -0.25) is 4.79 Å². The summed E-state index contributed by atoms with van der Waals surface area (Å²) in [6.07, 6.45) is 4.05. The highest BCUT2D eigenvalue weighted by Crippen LogP contribution is 2.50. The van der Waals surface area contributed by atoms with E-state index in [1.165, 1.54) is 18.2 Å². The molecule has 2 fully saturated rings. The van der Waals surface area contributed by atoms with Crippen LogP contribution in [0.25, 0.3) is 0 Å². The zero-order valence-corrected chi connectivity index (χ0v) is 15.2. The summed E-state index contributed by atoms with van der Waals surface area (Å²) >= 11 is 0. The second-order valence-electron chi connectivity index (χ2n) is 6.73. The molecule has 2 heterocycles. The molecule has 1 aliphatic carbocycles. The first-order valence-electron chi connectivity index (χ1n) is 8.50. The van der Waals surface area contributed by atoms with Crippen molar-refractivity contribution in [2.45, 2.75) is 18.4 Å². The SMILES string of the molecule is Cl.Cn1ccnc1C1CNCCN1C(=O)C1CC1c1c(F)cccc1F. The van der Waals surface area contributed by atoms with Crippen molar-refractivity contribution in [3.8, 4) is 0 Å². The molecule has 1 aromatic heterocycles. The number of carbonyl (C=O) groups is 1. The van der Waals surface area contributed by atoms with E-state index < -0.39 is 11.6 Å². The lowest BCUT2D eigenvalue weighted by Gasteiger charge is -2.36. The predicted octanol–water partition coefficient (Wildman–Crippen LogP) is 2.40. The first-order valence-corrected chi connectivity index (χ1v) is 8.50. The van der Waals surface area contributed by atoms with Crippen LogP contribution >= 0.6 is 12.4 Å². The van der Waals surface area contributed by atoms with Crippen LogP contribution in [0.2, 0.25) is 0 Å². The lowest BCUT2D eigenvalue weighted by molar-refractivity contribution is -0.136. The summed E-state index contributed by atoms with van der Waals surface area (Å²) in [6, 6.07) is 3.69. The molecule has 1 saturated heterocycles. The zero-order chi connectivity index (χ0) is 17.6. The first kappa shape index (κ1) is 18.8. The van der Waals surface area contributed by atoms with Gasteiger partial charge in [-0.05, 0) is 18.6 Å². The van der Waals surface area contributed by atoms with Gasteiger partial charge in [0, 0.05) is 56.5 Å². The van der Waals surface area contributed by atoms with Crippen molar-refractivity contribution in [1.29, 1.82) is 0 Å². The fraction of sp³-hybridized carbons (Fsp3) is 0.444. The van der Waals surface area contributed by atoms with Crippen molar-refractivity contribution in [1.82, 2.24) is 19.8 Å². The Balaban J connectivity index is 0.00000196. The maximum atomic E-state index is 14.0. The summed E-state index contributed by atoms with van der Waals surface area (Å²) in [4.78, 5) is 19.2. The lowest BCUT2D eigenvalue weighted by atomic mass is 10.1. The Morgan fingerprint density at radius 3 is 2.69 bits per heavy atom. The van der Waals surface area contributed by atoms with E-state index in [1.807, 2.05) is 22.7 Å².